The Morgan fingerprint density at radius 3 is 3.12 bits per heavy atom. The van der Waals surface area contributed by atoms with Crippen molar-refractivity contribution >= 4 is 23.4 Å². The van der Waals surface area contributed by atoms with Crippen molar-refractivity contribution in [2.24, 2.45) is 5.73 Å². The molecule has 1 atom stereocenters. The summed E-state index contributed by atoms with van der Waals surface area (Å²) in [4.78, 5) is 0. The normalized spacial score (nSPS) is 15.5. The molecule has 0 amide bonds. The molecule has 1 aliphatic rings. The van der Waals surface area contributed by atoms with Crippen LogP contribution in [0.2, 0.25) is 5.02 Å². The minimum Gasteiger partial charge on any atom is -0.493 e. The monoisotopic (exact) mass is 271 g/mol. The third kappa shape index (κ3) is 3.30. The summed E-state index contributed by atoms with van der Waals surface area (Å²) in [6.45, 7) is 2.92. The Hall–Kier alpha value is -0.380. The van der Waals surface area contributed by atoms with Gasteiger partial charge in [-0.15, -0.1) is 0 Å². The second-order valence-electron chi connectivity index (χ2n) is 4.28. The molecule has 1 aromatic carbocycles. The molecule has 1 aliphatic heterocycles. The van der Waals surface area contributed by atoms with E-state index in [4.69, 9.17) is 22.1 Å². The highest BCUT2D eigenvalue weighted by atomic mass is 35.5. The highest BCUT2D eigenvalue weighted by Crippen LogP contribution is 2.33. The molecule has 0 saturated carbocycles. The van der Waals surface area contributed by atoms with Gasteiger partial charge in [0.05, 0.1) is 6.61 Å². The predicted octanol–water partition coefficient (Wildman–Crippen LogP) is 2.90. The molecule has 2 nitrogen and oxygen atoms in total. The standard InChI is InChI=1S/C13H18ClNOS/c1-2-17-8-12(15)7-10-6-11(14)5-9-3-4-16-13(9)10/h5-6,12H,2-4,7-8,15H2,1H3. The Balaban J connectivity index is 2.10. The van der Waals surface area contributed by atoms with Crippen molar-refractivity contribution in [1.82, 2.24) is 0 Å². The number of fused-ring (bicyclic) bond motifs is 1. The fourth-order valence-corrected chi connectivity index (χ4v) is 3.03. The van der Waals surface area contributed by atoms with Crippen LogP contribution in [0.25, 0.3) is 0 Å². The van der Waals surface area contributed by atoms with Gasteiger partial charge in [0.25, 0.3) is 0 Å². The van der Waals surface area contributed by atoms with Crippen molar-refractivity contribution in [2.75, 3.05) is 18.1 Å². The maximum absolute atomic E-state index is 6.12. The number of hydrogen-bond donors (Lipinski definition) is 1. The summed E-state index contributed by atoms with van der Waals surface area (Å²) in [7, 11) is 0. The lowest BCUT2D eigenvalue weighted by Crippen LogP contribution is -2.25. The van der Waals surface area contributed by atoms with Gasteiger partial charge in [-0.05, 0) is 35.4 Å². The maximum atomic E-state index is 6.12. The lowest BCUT2D eigenvalue weighted by Gasteiger charge is -2.14. The van der Waals surface area contributed by atoms with Gasteiger partial charge in [0, 0.05) is 23.2 Å². The molecule has 0 aromatic heterocycles. The molecule has 2 rings (SSSR count). The third-order valence-electron chi connectivity index (χ3n) is 2.84. The average Bonchev–Trinajstić information content (AvgIpc) is 2.74. The Morgan fingerprint density at radius 2 is 2.35 bits per heavy atom. The first-order chi connectivity index (χ1) is 8.20. The van der Waals surface area contributed by atoms with Gasteiger partial charge >= 0.3 is 0 Å². The zero-order chi connectivity index (χ0) is 12.3. The van der Waals surface area contributed by atoms with Crippen molar-refractivity contribution in [2.45, 2.75) is 25.8 Å². The second-order valence-corrected chi connectivity index (χ2v) is 6.03. The van der Waals surface area contributed by atoms with Gasteiger partial charge in [-0.2, -0.15) is 11.8 Å². The highest BCUT2D eigenvalue weighted by molar-refractivity contribution is 7.99. The largest absolute Gasteiger partial charge is 0.493 e. The molecule has 1 heterocycles. The summed E-state index contributed by atoms with van der Waals surface area (Å²) in [5.74, 6) is 3.11. The molecule has 0 fully saturated rings. The van der Waals surface area contributed by atoms with Crippen LogP contribution in [0.4, 0.5) is 0 Å². The van der Waals surface area contributed by atoms with E-state index in [2.05, 4.69) is 6.92 Å². The van der Waals surface area contributed by atoms with Gasteiger partial charge in [-0.25, -0.2) is 0 Å². The first-order valence-corrected chi connectivity index (χ1v) is 7.51. The number of benzene rings is 1. The lowest BCUT2D eigenvalue weighted by molar-refractivity contribution is 0.353. The molecule has 1 aromatic rings. The summed E-state index contributed by atoms with van der Waals surface area (Å²) in [6.07, 6.45) is 1.80. The van der Waals surface area contributed by atoms with Crippen molar-refractivity contribution in [3.8, 4) is 5.75 Å². The van der Waals surface area contributed by atoms with E-state index in [0.717, 1.165) is 47.3 Å². The highest BCUT2D eigenvalue weighted by Gasteiger charge is 2.18. The van der Waals surface area contributed by atoms with Crippen LogP contribution in [0.3, 0.4) is 0 Å². The molecule has 0 radical (unpaired) electrons. The minimum atomic E-state index is 0.173. The van der Waals surface area contributed by atoms with Crippen molar-refractivity contribution in [3.63, 3.8) is 0 Å². The van der Waals surface area contributed by atoms with Gasteiger partial charge in [0.1, 0.15) is 5.75 Å². The lowest BCUT2D eigenvalue weighted by atomic mass is 10.0. The molecule has 0 aliphatic carbocycles. The van der Waals surface area contributed by atoms with E-state index in [1.807, 2.05) is 23.9 Å². The van der Waals surface area contributed by atoms with E-state index >= 15 is 0 Å². The molecule has 17 heavy (non-hydrogen) atoms. The topological polar surface area (TPSA) is 35.2 Å². The molecule has 94 valence electrons. The molecular weight excluding hydrogens is 254 g/mol. The zero-order valence-electron chi connectivity index (χ0n) is 10.0. The van der Waals surface area contributed by atoms with Gasteiger partial charge in [0.2, 0.25) is 0 Å². The summed E-state index contributed by atoms with van der Waals surface area (Å²) < 4.78 is 5.67. The quantitative estimate of drug-likeness (QED) is 0.894. The first-order valence-electron chi connectivity index (χ1n) is 5.98. The zero-order valence-corrected chi connectivity index (χ0v) is 11.6. The van der Waals surface area contributed by atoms with Crippen LogP contribution in [0.1, 0.15) is 18.1 Å². The Kier molecular flexibility index (Phi) is 4.60. The number of thioether (sulfide) groups is 1. The van der Waals surface area contributed by atoms with Crippen LogP contribution >= 0.6 is 23.4 Å². The fraction of sp³-hybridized carbons (Fsp3) is 0.538. The van der Waals surface area contributed by atoms with E-state index in [9.17, 15) is 0 Å². The van der Waals surface area contributed by atoms with Crippen LogP contribution in [0, 0.1) is 0 Å². The molecule has 4 heteroatoms. The first kappa shape index (κ1) is 13.1. The number of halogens is 1. The molecule has 2 N–H and O–H groups in total. The Bertz CT molecular complexity index is 397. The van der Waals surface area contributed by atoms with Crippen LogP contribution in [0.15, 0.2) is 12.1 Å². The Morgan fingerprint density at radius 1 is 1.53 bits per heavy atom. The van der Waals surface area contributed by atoms with Crippen molar-refractivity contribution < 1.29 is 4.74 Å². The smallest absolute Gasteiger partial charge is 0.125 e. The van der Waals surface area contributed by atoms with Crippen LogP contribution in [-0.4, -0.2) is 24.2 Å². The Labute approximate surface area is 112 Å². The average molecular weight is 272 g/mol. The summed E-state index contributed by atoms with van der Waals surface area (Å²) in [5.41, 5.74) is 8.50. The number of ether oxygens (including phenoxy) is 1. The SMILES string of the molecule is CCSCC(N)Cc1cc(Cl)cc2c1OCC2. The van der Waals surface area contributed by atoms with Crippen LogP contribution in [0.5, 0.6) is 5.75 Å². The van der Waals surface area contributed by atoms with Crippen LogP contribution < -0.4 is 10.5 Å². The molecule has 1 unspecified atom stereocenters. The van der Waals surface area contributed by atoms with Gasteiger partial charge in [0.15, 0.2) is 0 Å². The number of rotatable bonds is 5. The number of hydrogen-bond acceptors (Lipinski definition) is 3. The molecule has 0 bridgehead atoms. The van der Waals surface area contributed by atoms with Crippen molar-refractivity contribution in [1.29, 1.82) is 0 Å². The number of nitrogens with two attached hydrogens (primary N) is 1. The second kappa shape index (κ2) is 5.98. The van der Waals surface area contributed by atoms with E-state index in [1.54, 1.807) is 0 Å². The van der Waals surface area contributed by atoms with E-state index < -0.39 is 0 Å². The molecule has 0 saturated heterocycles. The summed E-state index contributed by atoms with van der Waals surface area (Å²) in [5, 5.41) is 0.791. The third-order valence-corrected chi connectivity index (χ3v) is 4.13. The van der Waals surface area contributed by atoms with E-state index in [-0.39, 0.29) is 6.04 Å². The van der Waals surface area contributed by atoms with Crippen molar-refractivity contribution in [3.05, 3.63) is 28.3 Å². The predicted molar refractivity (Wildman–Crippen MR) is 75.3 cm³/mol. The molecule has 0 spiro atoms. The van der Waals surface area contributed by atoms with E-state index in [1.165, 1.54) is 5.56 Å². The van der Waals surface area contributed by atoms with E-state index in [0.29, 0.717) is 0 Å². The molecular formula is C13H18ClNOS. The van der Waals surface area contributed by atoms with Gasteiger partial charge in [-0.1, -0.05) is 18.5 Å². The summed E-state index contributed by atoms with van der Waals surface area (Å²) >= 11 is 7.99. The fourth-order valence-electron chi connectivity index (χ4n) is 2.11. The minimum absolute atomic E-state index is 0.173. The maximum Gasteiger partial charge on any atom is 0.125 e. The summed E-state index contributed by atoms with van der Waals surface area (Å²) in [6, 6.07) is 4.16. The van der Waals surface area contributed by atoms with Gasteiger partial charge in [-0.3, -0.25) is 0 Å². The van der Waals surface area contributed by atoms with Crippen LogP contribution in [-0.2, 0) is 12.8 Å². The van der Waals surface area contributed by atoms with Gasteiger partial charge < -0.3 is 10.5 Å².